The average Bonchev–Trinajstić information content (AvgIpc) is 2.57. The average molecular weight is 368 g/mol. The lowest BCUT2D eigenvalue weighted by Crippen LogP contribution is -2.37. The predicted molar refractivity (Wildman–Crippen MR) is 94.7 cm³/mol. The third-order valence-corrected chi connectivity index (χ3v) is 6.04. The number of hydrogen-bond donors (Lipinski definition) is 0. The Labute approximate surface area is 146 Å². The summed E-state index contributed by atoms with van der Waals surface area (Å²) < 4.78 is 37.2. The van der Waals surface area contributed by atoms with E-state index in [1.807, 2.05) is 12.1 Å². The van der Waals surface area contributed by atoms with E-state index in [1.165, 1.54) is 4.31 Å². The molecule has 7 heteroatoms. The topological polar surface area (TPSA) is 55.8 Å². The van der Waals surface area contributed by atoms with E-state index in [0.717, 1.165) is 11.1 Å². The fourth-order valence-corrected chi connectivity index (χ4v) is 4.52. The molecule has 1 aliphatic heterocycles. The van der Waals surface area contributed by atoms with Gasteiger partial charge in [0.1, 0.15) is 11.5 Å². The van der Waals surface area contributed by atoms with E-state index in [9.17, 15) is 8.42 Å². The van der Waals surface area contributed by atoms with Gasteiger partial charge in [-0.05, 0) is 42.3 Å². The lowest BCUT2D eigenvalue weighted by molar-refractivity contribution is 0.391. The molecule has 3 rings (SSSR count). The highest BCUT2D eigenvalue weighted by Crippen LogP contribution is 2.35. The number of methoxy groups -OCH3 is 2. The van der Waals surface area contributed by atoms with Crippen LogP contribution in [0.5, 0.6) is 11.5 Å². The van der Waals surface area contributed by atoms with Gasteiger partial charge in [-0.1, -0.05) is 11.6 Å². The molecule has 2 aromatic rings. The van der Waals surface area contributed by atoms with Crippen LogP contribution in [0.2, 0.25) is 5.02 Å². The molecule has 0 unspecified atom stereocenters. The van der Waals surface area contributed by atoms with Gasteiger partial charge >= 0.3 is 0 Å². The molecule has 0 aliphatic carbocycles. The van der Waals surface area contributed by atoms with Crippen LogP contribution in [0.25, 0.3) is 0 Å². The van der Waals surface area contributed by atoms with E-state index in [1.54, 1.807) is 38.5 Å². The Hall–Kier alpha value is -1.92. The molecule has 0 radical (unpaired) electrons. The molecule has 0 amide bonds. The molecule has 128 valence electrons. The minimum absolute atomic E-state index is 0.0683. The SMILES string of the molecule is COc1ccc(CN2c3ccc(Cl)cc3CCS2(=O)=O)c(OC)c1. The zero-order chi connectivity index (χ0) is 17.3. The molecule has 0 fully saturated rings. The van der Waals surface area contributed by atoms with Crippen LogP contribution in [0.1, 0.15) is 11.1 Å². The third kappa shape index (κ3) is 3.16. The van der Waals surface area contributed by atoms with Gasteiger partial charge in [0.25, 0.3) is 0 Å². The summed E-state index contributed by atoms with van der Waals surface area (Å²) in [5, 5.41) is 0.607. The number of halogens is 1. The molecule has 5 nitrogen and oxygen atoms in total. The van der Waals surface area contributed by atoms with Crippen molar-refractivity contribution in [3.05, 3.63) is 52.5 Å². The third-order valence-electron chi connectivity index (χ3n) is 4.08. The molecule has 0 N–H and O–H groups in total. The van der Waals surface area contributed by atoms with E-state index in [0.29, 0.717) is 28.6 Å². The van der Waals surface area contributed by atoms with Gasteiger partial charge in [-0.2, -0.15) is 0 Å². The maximum Gasteiger partial charge on any atom is 0.235 e. The number of aryl methyl sites for hydroxylation is 1. The summed E-state index contributed by atoms with van der Waals surface area (Å²) in [6, 6.07) is 10.6. The normalized spacial score (nSPS) is 15.7. The Morgan fingerprint density at radius 2 is 1.92 bits per heavy atom. The van der Waals surface area contributed by atoms with Crippen LogP contribution in [0.3, 0.4) is 0 Å². The standard InChI is InChI=1S/C17H18ClNO4S/c1-22-15-5-3-13(17(10-15)23-2)11-19-16-6-4-14(18)9-12(16)7-8-24(19,20)21/h3-6,9-10H,7-8,11H2,1-2H3. The number of nitrogens with zero attached hydrogens (tertiary/aromatic N) is 1. The summed E-state index contributed by atoms with van der Waals surface area (Å²) in [7, 11) is -0.260. The van der Waals surface area contributed by atoms with E-state index < -0.39 is 10.0 Å². The highest BCUT2D eigenvalue weighted by Gasteiger charge is 2.30. The molecular formula is C17H18ClNO4S. The second-order valence-corrected chi connectivity index (χ2v) is 7.97. The van der Waals surface area contributed by atoms with Crippen LogP contribution in [0, 0.1) is 0 Å². The largest absolute Gasteiger partial charge is 0.497 e. The van der Waals surface area contributed by atoms with Crippen molar-refractivity contribution in [2.75, 3.05) is 24.3 Å². The molecule has 1 heterocycles. The molecule has 0 bridgehead atoms. The van der Waals surface area contributed by atoms with Crippen LogP contribution in [0.4, 0.5) is 5.69 Å². The van der Waals surface area contributed by atoms with E-state index >= 15 is 0 Å². The summed E-state index contributed by atoms with van der Waals surface area (Å²) in [4.78, 5) is 0. The van der Waals surface area contributed by atoms with Crippen molar-refractivity contribution in [1.82, 2.24) is 0 Å². The fraction of sp³-hybridized carbons (Fsp3) is 0.294. The van der Waals surface area contributed by atoms with Crippen molar-refractivity contribution in [2.24, 2.45) is 0 Å². The number of fused-ring (bicyclic) bond motifs is 1. The van der Waals surface area contributed by atoms with Gasteiger partial charge in [-0.25, -0.2) is 8.42 Å². The van der Waals surface area contributed by atoms with E-state index in [-0.39, 0.29) is 12.3 Å². The Bertz CT molecular complexity index is 867. The molecule has 24 heavy (non-hydrogen) atoms. The number of hydrogen-bond acceptors (Lipinski definition) is 4. The predicted octanol–water partition coefficient (Wildman–Crippen LogP) is 3.25. The van der Waals surface area contributed by atoms with E-state index in [4.69, 9.17) is 21.1 Å². The Balaban J connectivity index is 2.03. The van der Waals surface area contributed by atoms with Gasteiger partial charge in [0.2, 0.25) is 10.0 Å². The lowest BCUT2D eigenvalue weighted by Gasteiger charge is -2.31. The second kappa shape index (κ2) is 6.53. The Morgan fingerprint density at radius 1 is 1.12 bits per heavy atom. The molecule has 0 spiro atoms. The summed E-state index contributed by atoms with van der Waals surface area (Å²) >= 11 is 6.03. The van der Waals surface area contributed by atoms with Gasteiger partial charge in [0, 0.05) is 16.7 Å². The zero-order valence-electron chi connectivity index (χ0n) is 13.5. The number of sulfonamides is 1. The van der Waals surface area contributed by atoms with Crippen LogP contribution >= 0.6 is 11.6 Å². The van der Waals surface area contributed by atoms with Crippen LogP contribution < -0.4 is 13.8 Å². The molecule has 0 saturated heterocycles. The first-order valence-corrected chi connectivity index (χ1v) is 9.43. The minimum atomic E-state index is -3.39. The van der Waals surface area contributed by atoms with Crippen molar-refractivity contribution in [3.63, 3.8) is 0 Å². The first-order valence-electron chi connectivity index (χ1n) is 7.44. The van der Waals surface area contributed by atoms with Gasteiger partial charge < -0.3 is 9.47 Å². The number of rotatable bonds is 4. The Kier molecular flexibility index (Phi) is 4.60. The van der Waals surface area contributed by atoms with Crippen LogP contribution in [-0.2, 0) is 23.0 Å². The summed E-state index contributed by atoms with van der Waals surface area (Å²) in [5.41, 5.74) is 2.37. The first kappa shape index (κ1) is 16.9. The van der Waals surface area contributed by atoms with Gasteiger partial charge in [-0.15, -0.1) is 0 Å². The summed E-state index contributed by atoms with van der Waals surface area (Å²) in [5.74, 6) is 1.31. The van der Waals surface area contributed by atoms with Gasteiger partial charge in [-0.3, -0.25) is 4.31 Å². The highest BCUT2D eigenvalue weighted by molar-refractivity contribution is 7.92. The molecule has 0 saturated carbocycles. The maximum atomic E-state index is 12.6. The van der Waals surface area contributed by atoms with Crippen LogP contribution in [-0.4, -0.2) is 28.4 Å². The molecule has 1 aliphatic rings. The quantitative estimate of drug-likeness (QED) is 0.832. The van der Waals surface area contributed by atoms with Crippen molar-refractivity contribution < 1.29 is 17.9 Å². The number of benzene rings is 2. The van der Waals surface area contributed by atoms with Gasteiger partial charge in [0.05, 0.1) is 32.2 Å². The van der Waals surface area contributed by atoms with Crippen molar-refractivity contribution >= 4 is 27.3 Å². The lowest BCUT2D eigenvalue weighted by atomic mass is 10.1. The Morgan fingerprint density at radius 3 is 2.62 bits per heavy atom. The minimum Gasteiger partial charge on any atom is -0.497 e. The molecule has 0 atom stereocenters. The van der Waals surface area contributed by atoms with Gasteiger partial charge in [0.15, 0.2) is 0 Å². The van der Waals surface area contributed by atoms with Crippen molar-refractivity contribution in [1.29, 1.82) is 0 Å². The summed E-state index contributed by atoms with van der Waals surface area (Å²) in [6.07, 6.45) is 0.467. The van der Waals surface area contributed by atoms with Crippen molar-refractivity contribution in [3.8, 4) is 11.5 Å². The van der Waals surface area contributed by atoms with E-state index in [2.05, 4.69) is 0 Å². The highest BCUT2D eigenvalue weighted by atomic mass is 35.5. The molecule has 2 aromatic carbocycles. The second-order valence-electron chi connectivity index (χ2n) is 5.52. The number of ether oxygens (including phenoxy) is 2. The molecular weight excluding hydrogens is 350 g/mol. The first-order chi connectivity index (χ1) is 11.4. The fourth-order valence-electron chi connectivity index (χ4n) is 2.82. The maximum absolute atomic E-state index is 12.6. The summed E-state index contributed by atoms with van der Waals surface area (Å²) in [6.45, 7) is 0.199. The monoisotopic (exact) mass is 367 g/mol. The van der Waals surface area contributed by atoms with Crippen LogP contribution in [0.15, 0.2) is 36.4 Å². The zero-order valence-corrected chi connectivity index (χ0v) is 15.0. The smallest absolute Gasteiger partial charge is 0.235 e. The molecule has 0 aromatic heterocycles. The van der Waals surface area contributed by atoms with Crippen molar-refractivity contribution in [2.45, 2.75) is 13.0 Å². The number of anilines is 1.